The highest BCUT2D eigenvalue weighted by molar-refractivity contribution is 5.73. The molecule has 0 bridgehead atoms. The molecule has 6 nitrogen and oxygen atoms in total. The van der Waals surface area contributed by atoms with Crippen LogP contribution in [0.3, 0.4) is 0 Å². The second-order valence-corrected chi connectivity index (χ2v) is 5.73. The zero-order valence-electron chi connectivity index (χ0n) is 14.2. The number of nitrogens with one attached hydrogen (secondary N) is 2. The van der Waals surface area contributed by atoms with Gasteiger partial charge in [-0.3, -0.25) is 0 Å². The van der Waals surface area contributed by atoms with Crippen LogP contribution in [0.5, 0.6) is 17.2 Å². The van der Waals surface area contributed by atoms with Crippen molar-refractivity contribution in [2.24, 2.45) is 0 Å². The number of methoxy groups -OCH3 is 1. The van der Waals surface area contributed by atoms with Crippen LogP contribution in [0.1, 0.15) is 5.56 Å². The number of carbonyl (C=O) groups is 1. The highest BCUT2D eigenvalue weighted by Crippen LogP contribution is 2.30. The van der Waals surface area contributed by atoms with Gasteiger partial charge in [0.15, 0.2) is 17.6 Å². The number of para-hydroxylation sites is 2. The average molecular weight is 342 g/mol. The lowest BCUT2D eigenvalue weighted by atomic mass is 10.1. The van der Waals surface area contributed by atoms with Crippen LogP contribution in [0.4, 0.5) is 4.79 Å². The van der Waals surface area contributed by atoms with Gasteiger partial charge in [-0.05, 0) is 36.2 Å². The minimum Gasteiger partial charge on any atom is -0.497 e. The Morgan fingerprint density at radius 2 is 1.88 bits per heavy atom. The maximum atomic E-state index is 11.9. The van der Waals surface area contributed by atoms with Crippen molar-refractivity contribution in [1.82, 2.24) is 10.6 Å². The lowest BCUT2D eigenvalue weighted by molar-refractivity contribution is 0.0918. The molecule has 0 fully saturated rings. The standard InChI is InChI=1S/C19H22N2O4/c1-23-15-8-6-14(7-9-15)10-11-20-19(22)21-12-16-13-24-17-4-2-3-5-18(17)25-16/h2-9,16H,10-13H2,1H3,(H2,20,21,22). The van der Waals surface area contributed by atoms with Crippen molar-refractivity contribution < 1.29 is 19.0 Å². The molecule has 132 valence electrons. The maximum absolute atomic E-state index is 11.9. The summed E-state index contributed by atoms with van der Waals surface area (Å²) in [5.41, 5.74) is 1.14. The van der Waals surface area contributed by atoms with Crippen LogP contribution in [0.2, 0.25) is 0 Å². The Hall–Kier alpha value is -2.89. The van der Waals surface area contributed by atoms with Gasteiger partial charge in [0.2, 0.25) is 0 Å². The second kappa shape index (κ2) is 8.28. The van der Waals surface area contributed by atoms with Gasteiger partial charge in [0.1, 0.15) is 12.4 Å². The Morgan fingerprint density at radius 1 is 1.12 bits per heavy atom. The fraction of sp³-hybridized carbons (Fsp3) is 0.316. The zero-order valence-corrected chi connectivity index (χ0v) is 14.2. The summed E-state index contributed by atoms with van der Waals surface area (Å²) < 4.78 is 16.5. The molecule has 25 heavy (non-hydrogen) atoms. The lowest BCUT2D eigenvalue weighted by Crippen LogP contribution is -2.44. The number of urea groups is 1. The SMILES string of the molecule is COc1ccc(CCNC(=O)NCC2COc3ccccc3O2)cc1. The van der Waals surface area contributed by atoms with Crippen LogP contribution >= 0.6 is 0 Å². The summed E-state index contributed by atoms with van der Waals surface area (Å²) in [6, 6.07) is 15.1. The van der Waals surface area contributed by atoms with Crippen LogP contribution in [-0.4, -0.2) is 38.9 Å². The first-order valence-electron chi connectivity index (χ1n) is 8.27. The molecule has 3 rings (SSSR count). The lowest BCUT2D eigenvalue weighted by Gasteiger charge is -2.26. The molecule has 0 spiro atoms. The van der Waals surface area contributed by atoms with E-state index in [-0.39, 0.29) is 12.1 Å². The number of amides is 2. The van der Waals surface area contributed by atoms with Crippen LogP contribution in [0.15, 0.2) is 48.5 Å². The summed E-state index contributed by atoms with van der Waals surface area (Å²) in [6.07, 6.45) is 0.565. The van der Waals surface area contributed by atoms with Gasteiger partial charge in [-0.15, -0.1) is 0 Å². The van der Waals surface area contributed by atoms with Gasteiger partial charge in [0.05, 0.1) is 13.7 Å². The molecule has 0 saturated heterocycles. The van der Waals surface area contributed by atoms with Gasteiger partial charge in [-0.25, -0.2) is 4.79 Å². The third-order valence-electron chi connectivity index (χ3n) is 3.92. The van der Waals surface area contributed by atoms with Gasteiger partial charge < -0.3 is 24.8 Å². The number of carbonyl (C=O) groups excluding carboxylic acids is 1. The first kappa shape index (κ1) is 17.0. The molecule has 1 aliphatic heterocycles. The molecule has 2 amide bonds. The summed E-state index contributed by atoms with van der Waals surface area (Å²) in [5, 5.41) is 5.65. The minimum absolute atomic E-state index is 0.192. The highest BCUT2D eigenvalue weighted by atomic mass is 16.6. The number of ether oxygens (including phenoxy) is 3. The number of hydrogen-bond donors (Lipinski definition) is 2. The number of fused-ring (bicyclic) bond motifs is 1. The molecule has 2 aromatic rings. The molecule has 0 aromatic heterocycles. The van der Waals surface area contributed by atoms with Crippen LogP contribution in [-0.2, 0) is 6.42 Å². The molecule has 1 atom stereocenters. The first-order chi connectivity index (χ1) is 12.2. The van der Waals surface area contributed by atoms with Gasteiger partial charge in [0.25, 0.3) is 0 Å². The summed E-state index contributed by atoms with van der Waals surface area (Å²) in [6.45, 7) is 1.37. The predicted molar refractivity (Wildman–Crippen MR) is 94.5 cm³/mol. The van der Waals surface area contributed by atoms with E-state index >= 15 is 0 Å². The predicted octanol–water partition coefficient (Wildman–Crippen LogP) is 2.38. The quantitative estimate of drug-likeness (QED) is 0.846. The molecule has 2 aromatic carbocycles. The van der Waals surface area contributed by atoms with Gasteiger partial charge in [-0.2, -0.15) is 0 Å². The first-order valence-corrected chi connectivity index (χ1v) is 8.27. The smallest absolute Gasteiger partial charge is 0.314 e. The molecule has 1 heterocycles. The Bertz CT molecular complexity index is 703. The minimum atomic E-state index is -0.212. The van der Waals surface area contributed by atoms with E-state index in [4.69, 9.17) is 14.2 Å². The molecular formula is C19H22N2O4. The van der Waals surface area contributed by atoms with Crippen molar-refractivity contribution in [2.45, 2.75) is 12.5 Å². The Labute approximate surface area is 147 Å². The molecule has 1 aliphatic rings. The van der Waals surface area contributed by atoms with Crippen molar-refractivity contribution in [2.75, 3.05) is 26.8 Å². The topological polar surface area (TPSA) is 68.8 Å². The molecule has 2 N–H and O–H groups in total. The van der Waals surface area contributed by atoms with Crippen molar-refractivity contribution in [3.63, 3.8) is 0 Å². The summed E-state index contributed by atoms with van der Waals surface area (Å²) in [5.74, 6) is 2.27. The summed E-state index contributed by atoms with van der Waals surface area (Å²) in [4.78, 5) is 11.9. The summed E-state index contributed by atoms with van der Waals surface area (Å²) >= 11 is 0. The third-order valence-corrected chi connectivity index (χ3v) is 3.92. The normalized spacial score (nSPS) is 15.3. The Balaban J connectivity index is 1.35. The summed E-state index contributed by atoms with van der Waals surface area (Å²) in [7, 11) is 1.64. The van der Waals surface area contributed by atoms with E-state index in [0.717, 1.165) is 23.5 Å². The van der Waals surface area contributed by atoms with Crippen LogP contribution in [0.25, 0.3) is 0 Å². The molecular weight excluding hydrogens is 320 g/mol. The van der Waals surface area contributed by atoms with Gasteiger partial charge in [-0.1, -0.05) is 24.3 Å². The number of rotatable bonds is 6. The maximum Gasteiger partial charge on any atom is 0.314 e. The fourth-order valence-electron chi connectivity index (χ4n) is 2.55. The average Bonchev–Trinajstić information content (AvgIpc) is 2.67. The van der Waals surface area contributed by atoms with E-state index in [2.05, 4.69) is 10.6 Å². The van der Waals surface area contributed by atoms with Gasteiger partial charge >= 0.3 is 6.03 Å². The van der Waals surface area contributed by atoms with Gasteiger partial charge in [0, 0.05) is 6.54 Å². The van der Waals surface area contributed by atoms with E-state index in [9.17, 15) is 4.79 Å². The number of benzene rings is 2. The second-order valence-electron chi connectivity index (χ2n) is 5.73. The molecule has 1 unspecified atom stereocenters. The van der Waals surface area contributed by atoms with E-state index in [1.807, 2.05) is 48.5 Å². The molecule has 0 saturated carbocycles. The Kier molecular flexibility index (Phi) is 5.61. The van der Waals surface area contributed by atoms with Crippen molar-refractivity contribution in [1.29, 1.82) is 0 Å². The van der Waals surface area contributed by atoms with Crippen molar-refractivity contribution in [3.05, 3.63) is 54.1 Å². The number of hydrogen-bond acceptors (Lipinski definition) is 4. The van der Waals surface area contributed by atoms with E-state index < -0.39 is 0 Å². The molecule has 0 radical (unpaired) electrons. The van der Waals surface area contributed by atoms with E-state index in [1.54, 1.807) is 7.11 Å². The van der Waals surface area contributed by atoms with Crippen LogP contribution in [0, 0.1) is 0 Å². The van der Waals surface area contributed by atoms with Crippen molar-refractivity contribution in [3.8, 4) is 17.2 Å². The highest BCUT2D eigenvalue weighted by Gasteiger charge is 2.20. The fourth-order valence-corrected chi connectivity index (χ4v) is 2.55. The largest absolute Gasteiger partial charge is 0.497 e. The van der Waals surface area contributed by atoms with Crippen LogP contribution < -0.4 is 24.8 Å². The molecule has 0 aliphatic carbocycles. The zero-order chi connectivity index (χ0) is 17.5. The third kappa shape index (κ3) is 4.79. The molecule has 6 heteroatoms. The van der Waals surface area contributed by atoms with E-state index in [1.165, 1.54) is 0 Å². The van der Waals surface area contributed by atoms with E-state index in [0.29, 0.717) is 25.4 Å². The van der Waals surface area contributed by atoms with Crippen molar-refractivity contribution >= 4 is 6.03 Å². The monoisotopic (exact) mass is 342 g/mol. The Morgan fingerprint density at radius 3 is 2.64 bits per heavy atom.